The van der Waals surface area contributed by atoms with Gasteiger partial charge >= 0.3 is 0 Å². The van der Waals surface area contributed by atoms with Gasteiger partial charge in [0.1, 0.15) is 5.60 Å². The molecule has 0 saturated carbocycles. The number of aromatic nitrogens is 1. The number of hydrogen-bond acceptors (Lipinski definition) is 5. The molecule has 4 nitrogen and oxygen atoms in total. The van der Waals surface area contributed by atoms with Gasteiger partial charge in [-0.05, 0) is 46.7 Å². The molecule has 5 heteroatoms. The van der Waals surface area contributed by atoms with Crippen molar-refractivity contribution in [3.8, 4) is 11.3 Å². The molecule has 24 heavy (non-hydrogen) atoms. The van der Waals surface area contributed by atoms with E-state index >= 15 is 0 Å². The minimum absolute atomic E-state index is 0.318. The first-order valence-electron chi connectivity index (χ1n) is 8.32. The molecule has 2 aromatic rings. The molecular weight excluding hydrogens is 320 g/mol. The van der Waals surface area contributed by atoms with E-state index in [-0.39, 0.29) is 5.60 Å². The Morgan fingerprint density at radius 3 is 2.42 bits per heavy atom. The highest BCUT2D eigenvalue weighted by molar-refractivity contribution is 7.10. The number of thiazole rings is 1. The third-order valence-corrected chi connectivity index (χ3v) is 4.69. The number of ether oxygens (including phenoxy) is 1. The summed E-state index contributed by atoms with van der Waals surface area (Å²) in [6, 6.07) is 10.4. The van der Waals surface area contributed by atoms with Crippen LogP contribution >= 0.6 is 11.3 Å². The van der Waals surface area contributed by atoms with E-state index in [1.165, 1.54) is 23.4 Å². The lowest BCUT2D eigenvalue weighted by molar-refractivity contribution is -0.138. The van der Waals surface area contributed by atoms with Crippen molar-refractivity contribution in [1.82, 2.24) is 10.3 Å². The summed E-state index contributed by atoms with van der Waals surface area (Å²) >= 11 is 1.81. The zero-order chi connectivity index (χ0) is 17.4. The van der Waals surface area contributed by atoms with Crippen molar-refractivity contribution in [2.75, 3.05) is 13.1 Å². The maximum Gasteiger partial charge on any atom is 0.293 e. The van der Waals surface area contributed by atoms with Gasteiger partial charge in [-0.1, -0.05) is 30.3 Å². The highest BCUT2D eigenvalue weighted by Gasteiger charge is 2.18. The van der Waals surface area contributed by atoms with E-state index in [9.17, 15) is 4.79 Å². The number of carbonyl (C=O) groups is 1. The smallest absolute Gasteiger partial charge is 0.293 e. The predicted octanol–water partition coefficient (Wildman–Crippen LogP) is 4.24. The second kappa shape index (κ2) is 8.94. The van der Waals surface area contributed by atoms with Gasteiger partial charge in [0.05, 0.1) is 10.7 Å². The molecular formula is C19H26N2O2S. The minimum Gasteiger partial charge on any atom is -0.462 e. The van der Waals surface area contributed by atoms with Crippen LogP contribution in [0.2, 0.25) is 0 Å². The van der Waals surface area contributed by atoms with Crippen molar-refractivity contribution < 1.29 is 9.53 Å². The largest absolute Gasteiger partial charge is 0.462 e. The molecule has 1 N–H and O–H groups in total. The van der Waals surface area contributed by atoms with Gasteiger partial charge in [-0.2, -0.15) is 0 Å². The molecule has 130 valence electrons. The van der Waals surface area contributed by atoms with Crippen molar-refractivity contribution >= 4 is 17.8 Å². The number of nitrogens with zero attached hydrogens (tertiary/aromatic N) is 1. The molecule has 1 saturated heterocycles. The lowest BCUT2D eigenvalue weighted by atomic mass is 9.99. The molecule has 2 heterocycles. The van der Waals surface area contributed by atoms with Gasteiger partial charge in [0.25, 0.3) is 6.47 Å². The van der Waals surface area contributed by atoms with Crippen molar-refractivity contribution in [1.29, 1.82) is 0 Å². The molecule has 0 radical (unpaired) electrons. The summed E-state index contributed by atoms with van der Waals surface area (Å²) < 4.78 is 4.55. The fraction of sp³-hybridized carbons (Fsp3) is 0.474. The third kappa shape index (κ3) is 6.06. The minimum atomic E-state index is -0.318. The van der Waals surface area contributed by atoms with Crippen LogP contribution in [0.3, 0.4) is 0 Å². The van der Waals surface area contributed by atoms with Gasteiger partial charge in [-0.3, -0.25) is 4.79 Å². The Labute approximate surface area is 148 Å². The zero-order valence-corrected chi connectivity index (χ0v) is 15.4. The summed E-state index contributed by atoms with van der Waals surface area (Å²) in [5, 5.41) is 6.90. The fourth-order valence-corrected chi connectivity index (χ4v) is 3.43. The van der Waals surface area contributed by atoms with Crippen LogP contribution in [0.5, 0.6) is 0 Å². The standard InChI is InChI=1S/C14H16N2S.C5H10O2/c1-2-4-11(5-3-1)13-10-17-14(16-13)12-6-8-15-9-7-12;1-5(2,3)7-4-6/h1-5,10,12,15H,6-9H2;4H,1-3H3. The molecule has 1 aromatic heterocycles. The first-order chi connectivity index (χ1) is 11.5. The average molecular weight is 346 g/mol. The number of carbonyl (C=O) groups excluding carboxylic acids is 1. The lowest BCUT2D eigenvalue weighted by Gasteiger charge is -2.20. The summed E-state index contributed by atoms with van der Waals surface area (Å²) in [5.74, 6) is 0.665. The molecule has 1 aliphatic rings. The van der Waals surface area contributed by atoms with Crippen LogP contribution in [0.1, 0.15) is 44.5 Å². The van der Waals surface area contributed by atoms with E-state index in [0.717, 1.165) is 18.8 Å². The first kappa shape index (κ1) is 18.6. The highest BCUT2D eigenvalue weighted by atomic mass is 32.1. The van der Waals surface area contributed by atoms with E-state index in [2.05, 4.69) is 39.7 Å². The van der Waals surface area contributed by atoms with Crippen LogP contribution in [0.25, 0.3) is 11.3 Å². The van der Waals surface area contributed by atoms with Gasteiger partial charge in [0, 0.05) is 16.9 Å². The summed E-state index contributed by atoms with van der Waals surface area (Å²) in [4.78, 5) is 14.4. The maximum atomic E-state index is 9.60. The van der Waals surface area contributed by atoms with E-state index in [1.807, 2.05) is 38.2 Å². The summed E-state index contributed by atoms with van der Waals surface area (Å²) in [6.07, 6.45) is 2.45. The van der Waals surface area contributed by atoms with E-state index in [0.29, 0.717) is 12.4 Å². The fourth-order valence-electron chi connectivity index (χ4n) is 2.43. The normalized spacial score (nSPS) is 15.3. The monoisotopic (exact) mass is 346 g/mol. The molecule has 3 rings (SSSR count). The van der Waals surface area contributed by atoms with Crippen LogP contribution in [0.4, 0.5) is 0 Å². The topological polar surface area (TPSA) is 51.2 Å². The third-order valence-electron chi connectivity index (χ3n) is 3.68. The number of nitrogens with one attached hydrogen (secondary N) is 1. The van der Waals surface area contributed by atoms with Crippen LogP contribution in [0.15, 0.2) is 35.7 Å². The van der Waals surface area contributed by atoms with Crippen molar-refractivity contribution in [2.24, 2.45) is 0 Å². The molecule has 0 spiro atoms. The van der Waals surface area contributed by atoms with Crippen molar-refractivity contribution in [3.05, 3.63) is 40.7 Å². The van der Waals surface area contributed by atoms with Gasteiger partial charge in [0.15, 0.2) is 0 Å². The average Bonchev–Trinajstić information content (AvgIpc) is 3.06. The van der Waals surface area contributed by atoms with Crippen molar-refractivity contribution in [2.45, 2.75) is 45.1 Å². The first-order valence-corrected chi connectivity index (χ1v) is 9.20. The Morgan fingerprint density at radius 2 is 1.88 bits per heavy atom. The molecule has 1 aliphatic heterocycles. The van der Waals surface area contributed by atoms with Gasteiger partial charge < -0.3 is 10.1 Å². The van der Waals surface area contributed by atoms with Crippen LogP contribution in [-0.2, 0) is 9.53 Å². The Balaban J connectivity index is 0.000000256. The number of benzene rings is 1. The Hall–Kier alpha value is -1.72. The lowest BCUT2D eigenvalue weighted by Crippen LogP contribution is -2.26. The van der Waals surface area contributed by atoms with Crippen molar-refractivity contribution in [3.63, 3.8) is 0 Å². The van der Waals surface area contributed by atoms with Crippen LogP contribution in [-0.4, -0.2) is 30.1 Å². The second-order valence-corrected chi connectivity index (χ2v) is 7.68. The molecule has 1 fully saturated rings. The Morgan fingerprint density at radius 1 is 1.21 bits per heavy atom. The zero-order valence-electron chi connectivity index (χ0n) is 14.6. The van der Waals surface area contributed by atoms with Gasteiger partial charge in [-0.25, -0.2) is 4.98 Å². The molecule has 0 atom stereocenters. The number of rotatable bonds is 3. The van der Waals surface area contributed by atoms with E-state index < -0.39 is 0 Å². The van der Waals surface area contributed by atoms with Crippen LogP contribution < -0.4 is 5.32 Å². The molecule has 0 aliphatic carbocycles. The molecule has 0 unspecified atom stereocenters. The number of hydrogen-bond donors (Lipinski definition) is 1. The quantitative estimate of drug-likeness (QED) is 0.845. The van der Waals surface area contributed by atoms with E-state index in [1.54, 1.807) is 0 Å². The predicted molar refractivity (Wildman–Crippen MR) is 99.3 cm³/mol. The van der Waals surface area contributed by atoms with E-state index in [4.69, 9.17) is 4.98 Å². The van der Waals surface area contributed by atoms with Crippen LogP contribution in [0, 0.1) is 0 Å². The molecule has 1 aromatic carbocycles. The molecule has 0 bridgehead atoms. The highest BCUT2D eigenvalue weighted by Crippen LogP contribution is 2.30. The maximum absolute atomic E-state index is 9.60. The Kier molecular flexibility index (Phi) is 6.94. The summed E-state index contributed by atoms with van der Waals surface area (Å²) in [7, 11) is 0. The van der Waals surface area contributed by atoms with Gasteiger partial charge in [0.2, 0.25) is 0 Å². The molecule has 0 amide bonds. The van der Waals surface area contributed by atoms with Gasteiger partial charge in [-0.15, -0.1) is 11.3 Å². The SMILES string of the molecule is CC(C)(C)OC=O.c1ccc(-c2csc(C3CCNCC3)n2)cc1. The summed E-state index contributed by atoms with van der Waals surface area (Å²) in [5.41, 5.74) is 2.04. The number of piperidine rings is 1. The second-order valence-electron chi connectivity index (χ2n) is 6.79. The Bertz CT molecular complexity index is 614. The summed E-state index contributed by atoms with van der Waals surface area (Å²) in [6.45, 7) is 8.18.